The van der Waals surface area contributed by atoms with Crippen molar-refractivity contribution >= 4 is 11.8 Å². The van der Waals surface area contributed by atoms with Crippen LogP contribution in [-0.2, 0) is 0 Å². The van der Waals surface area contributed by atoms with E-state index in [1.165, 1.54) is 37.8 Å². The van der Waals surface area contributed by atoms with Crippen molar-refractivity contribution in [2.75, 3.05) is 18.1 Å². The summed E-state index contributed by atoms with van der Waals surface area (Å²) in [6, 6.07) is 2.01. The molecule has 4 aliphatic carbocycles. The van der Waals surface area contributed by atoms with Crippen LogP contribution in [0.4, 0.5) is 11.8 Å². The molecule has 4 bridgehead atoms. The molecular formula is C15H22N4. The van der Waals surface area contributed by atoms with E-state index in [4.69, 9.17) is 10.7 Å². The Morgan fingerprint density at radius 3 is 2.26 bits per heavy atom. The maximum absolute atomic E-state index is 5.94. The van der Waals surface area contributed by atoms with E-state index < -0.39 is 0 Å². The van der Waals surface area contributed by atoms with E-state index in [0.29, 0.717) is 17.7 Å². The number of nitrogens with two attached hydrogens (primary N) is 1. The molecular weight excluding hydrogens is 236 g/mol. The Labute approximate surface area is 114 Å². The van der Waals surface area contributed by atoms with Crippen LogP contribution in [0.25, 0.3) is 0 Å². The second-order valence-corrected chi connectivity index (χ2v) is 6.75. The molecule has 1 aromatic heterocycles. The quantitative estimate of drug-likeness (QED) is 0.856. The molecule has 102 valence electrons. The van der Waals surface area contributed by atoms with Crippen LogP contribution >= 0.6 is 0 Å². The Hall–Kier alpha value is -1.32. The molecule has 0 aromatic carbocycles. The highest BCUT2D eigenvalue weighted by Crippen LogP contribution is 2.59. The number of nitrogen functional groups attached to an aromatic ring is 1. The van der Waals surface area contributed by atoms with E-state index in [1.807, 2.05) is 13.1 Å². The first-order valence-corrected chi connectivity index (χ1v) is 7.55. The second-order valence-electron chi connectivity index (χ2n) is 6.75. The molecule has 0 radical (unpaired) electrons. The van der Waals surface area contributed by atoms with Crippen LogP contribution in [0.2, 0.25) is 0 Å². The Bertz CT molecular complexity index is 471. The predicted molar refractivity (Wildman–Crippen MR) is 75.8 cm³/mol. The van der Waals surface area contributed by atoms with Crippen molar-refractivity contribution in [1.82, 2.24) is 9.97 Å². The maximum atomic E-state index is 5.94. The fraction of sp³-hybridized carbons (Fsp3) is 0.733. The summed E-state index contributed by atoms with van der Waals surface area (Å²) in [7, 11) is 1.86. The molecule has 0 spiro atoms. The standard InChI is InChI=1S/C15H22N4/c1-17-15-18-12(7-13(16)19-15)14-10-3-8-2-9(5-10)6-11(14)4-8/h7-11,14H,2-6H2,1H3,(H3,16,17,18,19). The lowest BCUT2D eigenvalue weighted by atomic mass is 9.51. The van der Waals surface area contributed by atoms with Gasteiger partial charge in [0.2, 0.25) is 5.95 Å². The van der Waals surface area contributed by atoms with Gasteiger partial charge in [-0.05, 0) is 55.8 Å². The lowest BCUT2D eigenvalue weighted by Gasteiger charge is -2.54. The zero-order chi connectivity index (χ0) is 13.0. The Balaban J connectivity index is 1.70. The van der Waals surface area contributed by atoms with Crippen molar-refractivity contribution in [2.45, 2.75) is 38.0 Å². The van der Waals surface area contributed by atoms with E-state index in [9.17, 15) is 0 Å². The SMILES string of the molecule is CNc1nc(N)cc(C2C3CC4CC(C3)CC2C4)n1. The van der Waals surface area contributed by atoms with Crippen LogP contribution < -0.4 is 11.1 Å². The molecule has 1 heterocycles. The Kier molecular flexibility index (Phi) is 2.47. The van der Waals surface area contributed by atoms with Gasteiger partial charge in [0.15, 0.2) is 0 Å². The van der Waals surface area contributed by atoms with Crippen molar-refractivity contribution < 1.29 is 0 Å². The minimum atomic E-state index is 0.600. The number of aromatic nitrogens is 2. The van der Waals surface area contributed by atoms with Gasteiger partial charge in [0.05, 0.1) is 5.69 Å². The molecule has 0 amide bonds. The number of rotatable bonds is 2. The zero-order valence-corrected chi connectivity index (χ0v) is 11.5. The highest BCUT2D eigenvalue weighted by atomic mass is 15.1. The molecule has 4 heteroatoms. The molecule has 4 saturated carbocycles. The number of anilines is 2. The van der Waals surface area contributed by atoms with Crippen molar-refractivity contribution in [3.63, 3.8) is 0 Å². The van der Waals surface area contributed by atoms with Crippen LogP contribution in [-0.4, -0.2) is 17.0 Å². The molecule has 5 rings (SSSR count). The van der Waals surface area contributed by atoms with Gasteiger partial charge in [0.1, 0.15) is 5.82 Å². The van der Waals surface area contributed by atoms with E-state index in [2.05, 4.69) is 10.3 Å². The fourth-order valence-corrected chi connectivity index (χ4v) is 5.18. The van der Waals surface area contributed by atoms with Crippen LogP contribution in [0.3, 0.4) is 0 Å². The summed E-state index contributed by atoms with van der Waals surface area (Å²) >= 11 is 0. The summed E-state index contributed by atoms with van der Waals surface area (Å²) in [5.74, 6) is 5.59. The molecule has 0 atom stereocenters. The van der Waals surface area contributed by atoms with Crippen molar-refractivity contribution in [3.05, 3.63) is 11.8 Å². The highest BCUT2D eigenvalue weighted by Gasteiger charge is 2.49. The van der Waals surface area contributed by atoms with Gasteiger partial charge in [-0.2, -0.15) is 4.98 Å². The molecule has 19 heavy (non-hydrogen) atoms. The van der Waals surface area contributed by atoms with Crippen molar-refractivity contribution in [2.24, 2.45) is 23.7 Å². The van der Waals surface area contributed by atoms with Gasteiger partial charge >= 0.3 is 0 Å². The smallest absolute Gasteiger partial charge is 0.224 e. The summed E-state index contributed by atoms with van der Waals surface area (Å²) in [6.07, 6.45) is 7.15. The molecule has 3 N–H and O–H groups in total. The summed E-state index contributed by atoms with van der Waals surface area (Å²) in [5, 5.41) is 3.03. The number of hydrogen-bond acceptors (Lipinski definition) is 4. The first kappa shape index (κ1) is 11.5. The van der Waals surface area contributed by atoms with Crippen LogP contribution in [0.1, 0.15) is 43.7 Å². The van der Waals surface area contributed by atoms with Gasteiger partial charge in [-0.1, -0.05) is 0 Å². The monoisotopic (exact) mass is 258 g/mol. The normalized spacial score (nSPS) is 39.5. The average Bonchev–Trinajstić information content (AvgIpc) is 2.36. The fourth-order valence-electron chi connectivity index (χ4n) is 5.18. The minimum Gasteiger partial charge on any atom is -0.384 e. The second kappa shape index (κ2) is 4.09. The molecule has 4 aliphatic rings. The van der Waals surface area contributed by atoms with Gasteiger partial charge in [-0.3, -0.25) is 0 Å². The van der Waals surface area contributed by atoms with Crippen molar-refractivity contribution in [3.8, 4) is 0 Å². The average molecular weight is 258 g/mol. The lowest BCUT2D eigenvalue weighted by Crippen LogP contribution is -2.44. The summed E-state index contributed by atoms with van der Waals surface area (Å²) in [4.78, 5) is 8.92. The van der Waals surface area contributed by atoms with E-state index in [0.717, 1.165) is 23.7 Å². The van der Waals surface area contributed by atoms with Crippen LogP contribution in [0, 0.1) is 23.7 Å². The molecule has 0 saturated heterocycles. The topological polar surface area (TPSA) is 63.8 Å². The Morgan fingerprint density at radius 2 is 1.68 bits per heavy atom. The van der Waals surface area contributed by atoms with E-state index >= 15 is 0 Å². The number of hydrogen-bond donors (Lipinski definition) is 2. The third-order valence-electron chi connectivity index (χ3n) is 5.56. The zero-order valence-electron chi connectivity index (χ0n) is 11.5. The van der Waals surface area contributed by atoms with Crippen LogP contribution in [0.5, 0.6) is 0 Å². The van der Waals surface area contributed by atoms with E-state index in [-0.39, 0.29) is 0 Å². The van der Waals surface area contributed by atoms with Gasteiger partial charge in [-0.15, -0.1) is 0 Å². The molecule has 1 aromatic rings. The Morgan fingerprint density at radius 1 is 1.05 bits per heavy atom. The third kappa shape index (κ3) is 1.80. The first-order valence-electron chi connectivity index (χ1n) is 7.55. The summed E-state index contributed by atoms with van der Waals surface area (Å²) in [6.45, 7) is 0. The molecule has 0 unspecified atom stereocenters. The van der Waals surface area contributed by atoms with Crippen molar-refractivity contribution in [1.29, 1.82) is 0 Å². The minimum absolute atomic E-state index is 0.600. The van der Waals surface area contributed by atoms with Gasteiger partial charge < -0.3 is 11.1 Å². The maximum Gasteiger partial charge on any atom is 0.224 e. The third-order valence-corrected chi connectivity index (χ3v) is 5.56. The molecule has 0 aliphatic heterocycles. The first-order chi connectivity index (χ1) is 9.22. The predicted octanol–water partition coefficient (Wildman–Crippen LogP) is 2.64. The molecule has 4 nitrogen and oxygen atoms in total. The summed E-state index contributed by atoms with van der Waals surface area (Å²) < 4.78 is 0. The highest BCUT2D eigenvalue weighted by molar-refractivity contribution is 5.39. The van der Waals surface area contributed by atoms with Gasteiger partial charge in [0.25, 0.3) is 0 Å². The molecule has 4 fully saturated rings. The van der Waals surface area contributed by atoms with Gasteiger partial charge in [-0.25, -0.2) is 4.98 Å². The number of nitrogens with one attached hydrogen (secondary N) is 1. The summed E-state index contributed by atoms with van der Waals surface area (Å²) in [5.41, 5.74) is 7.12. The largest absolute Gasteiger partial charge is 0.384 e. The van der Waals surface area contributed by atoms with Gasteiger partial charge in [0, 0.05) is 19.0 Å². The lowest BCUT2D eigenvalue weighted by molar-refractivity contribution is -0.00411. The van der Waals surface area contributed by atoms with E-state index in [1.54, 1.807) is 0 Å². The number of nitrogens with zero attached hydrogens (tertiary/aromatic N) is 2. The van der Waals surface area contributed by atoms with Crippen LogP contribution in [0.15, 0.2) is 6.07 Å².